The Labute approximate surface area is 113 Å². The van der Waals surface area contributed by atoms with E-state index in [1.807, 2.05) is 37.3 Å². The lowest BCUT2D eigenvalue weighted by Gasteiger charge is -2.31. The highest BCUT2D eigenvalue weighted by atomic mass is 16.2. The van der Waals surface area contributed by atoms with Crippen LogP contribution >= 0.6 is 0 Å². The van der Waals surface area contributed by atoms with Gasteiger partial charge in [-0.1, -0.05) is 25.1 Å². The van der Waals surface area contributed by atoms with Crippen LogP contribution in [0.3, 0.4) is 0 Å². The molecule has 102 valence electrons. The summed E-state index contributed by atoms with van der Waals surface area (Å²) in [6, 6.07) is 9.44. The zero-order valence-corrected chi connectivity index (χ0v) is 11.3. The van der Waals surface area contributed by atoms with Crippen molar-refractivity contribution in [2.45, 2.75) is 26.2 Å². The second-order valence-corrected chi connectivity index (χ2v) is 4.89. The minimum atomic E-state index is -0.0931. The molecule has 0 saturated carbocycles. The number of nitrogens with zero attached hydrogens (tertiary/aromatic N) is 1. The van der Waals surface area contributed by atoms with E-state index < -0.39 is 0 Å². The van der Waals surface area contributed by atoms with Crippen LogP contribution in [0.1, 0.15) is 26.2 Å². The number of carbonyl (C=O) groups excluding carboxylic acids is 2. The molecule has 0 radical (unpaired) electrons. The number of likely N-dealkylation sites (tertiary alicyclic amines) is 1. The molecule has 1 saturated heterocycles. The van der Waals surface area contributed by atoms with Crippen molar-refractivity contribution in [3.8, 4) is 0 Å². The minimum Gasteiger partial charge on any atom is -0.342 e. The molecule has 0 aromatic heterocycles. The topological polar surface area (TPSA) is 49.4 Å². The van der Waals surface area contributed by atoms with Crippen molar-refractivity contribution in [3.63, 3.8) is 0 Å². The molecule has 19 heavy (non-hydrogen) atoms. The first-order valence-corrected chi connectivity index (χ1v) is 6.84. The summed E-state index contributed by atoms with van der Waals surface area (Å²) in [6.07, 6.45) is 2.26. The molecule has 1 N–H and O–H groups in total. The molecule has 0 spiro atoms. The Morgan fingerprint density at radius 2 is 2.05 bits per heavy atom. The number of hydrogen-bond donors (Lipinski definition) is 1. The van der Waals surface area contributed by atoms with Crippen molar-refractivity contribution in [2.75, 3.05) is 18.4 Å². The highest BCUT2D eigenvalue weighted by molar-refractivity contribution is 5.93. The van der Waals surface area contributed by atoms with Crippen molar-refractivity contribution >= 4 is 17.5 Å². The van der Waals surface area contributed by atoms with Gasteiger partial charge >= 0.3 is 0 Å². The van der Waals surface area contributed by atoms with Crippen molar-refractivity contribution in [1.82, 2.24) is 4.90 Å². The molecular formula is C15H20N2O2. The lowest BCUT2D eigenvalue weighted by molar-refractivity contribution is -0.134. The number of carbonyl (C=O) groups is 2. The van der Waals surface area contributed by atoms with Crippen molar-refractivity contribution in [3.05, 3.63) is 30.3 Å². The van der Waals surface area contributed by atoms with Gasteiger partial charge in [-0.15, -0.1) is 0 Å². The number of amides is 2. The zero-order valence-electron chi connectivity index (χ0n) is 11.3. The number of anilines is 1. The Hall–Kier alpha value is -1.84. The molecule has 4 nitrogen and oxygen atoms in total. The normalized spacial score (nSPS) is 19.0. The van der Waals surface area contributed by atoms with Crippen molar-refractivity contribution in [1.29, 1.82) is 0 Å². The molecule has 1 fully saturated rings. The second-order valence-electron chi connectivity index (χ2n) is 4.89. The molecule has 1 aliphatic rings. The Kier molecular flexibility index (Phi) is 4.55. The largest absolute Gasteiger partial charge is 0.342 e. The van der Waals surface area contributed by atoms with E-state index >= 15 is 0 Å². The van der Waals surface area contributed by atoms with E-state index in [-0.39, 0.29) is 17.7 Å². The van der Waals surface area contributed by atoms with Crippen LogP contribution in [0.25, 0.3) is 0 Å². The van der Waals surface area contributed by atoms with E-state index in [1.165, 1.54) is 0 Å². The molecule has 2 rings (SSSR count). The average molecular weight is 260 g/mol. The molecule has 1 heterocycles. The molecule has 0 bridgehead atoms. The molecule has 1 aromatic rings. The monoisotopic (exact) mass is 260 g/mol. The van der Waals surface area contributed by atoms with E-state index in [0.29, 0.717) is 13.0 Å². The number of rotatable bonds is 3. The number of nitrogens with one attached hydrogen (secondary N) is 1. The summed E-state index contributed by atoms with van der Waals surface area (Å²) in [5, 5.41) is 2.91. The molecule has 4 heteroatoms. The fourth-order valence-corrected chi connectivity index (χ4v) is 2.41. The van der Waals surface area contributed by atoms with Crippen LogP contribution in [-0.4, -0.2) is 29.8 Å². The fraction of sp³-hybridized carbons (Fsp3) is 0.467. The molecule has 1 unspecified atom stereocenters. The summed E-state index contributed by atoms with van der Waals surface area (Å²) < 4.78 is 0. The molecule has 1 aromatic carbocycles. The zero-order chi connectivity index (χ0) is 13.7. The predicted octanol–water partition coefficient (Wildman–Crippen LogP) is 2.27. The van der Waals surface area contributed by atoms with E-state index in [4.69, 9.17) is 0 Å². The molecule has 2 amide bonds. The lowest BCUT2D eigenvalue weighted by atomic mass is 9.96. The van der Waals surface area contributed by atoms with E-state index in [1.54, 1.807) is 4.90 Å². The van der Waals surface area contributed by atoms with Gasteiger partial charge in [-0.2, -0.15) is 0 Å². The van der Waals surface area contributed by atoms with Gasteiger partial charge < -0.3 is 10.2 Å². The number of hydrogen-bond acceptors (Lipinski definition) is 2. The number of benzene rings is 1. The van der Waals surface area contributed by atoms with Crippen LogP contribution < -0.4 is 5.32 Å². The quantitative estimate of drug-likeness (QED) is 0.906. The summed E-state index contributed by atoms with van der Waals surface area (Å²) in [7, 11) is 0. The lowest BCUT2D eigenvalue weighted by Crippen LogP contribution is -2.43. The maximum atomic E-state index is 12.2. The van der Waals surface area contributed by atoms with Gasteiger partial charge in [-0.25, -0.2) is 0 Å². The minimum absolute atomic E-state index is 0.0137. The van der Waals surface area contributed by atoms with Crippen LogP contribution in [0.5, 0.6) is 0 Å². The Balaban J connectivity index is 1.94. The Morgan fingerprint density at radius 3 is 2.74 bits per heavy atom. The number of piperidine rings is 1. The van der Waals surface area contributed by atoms with Crippen LogP contribution in [0, 0.1) is 5.92 Å². The third-order valence-corrected chi connectivity index (χ3v) is 3.49. The predicted molar refractivity (Wildman–Crippen MR) is 74.7 cm³/mol. The summed E-state index contributed by atoms with van der Waals surface area (Å²) in [5.41, 5.74) is 0.812. The van der Waals surface area contributed by atoms with E-state index in [0.717, 1.165) is 25.1 Å². The van der Waals surface area contributed by atoms with E-state index in [9.17, 15) is 9.59 Å². The van der Waals surface area contributed by atoms with Gasteiger partial charge in [0.15, 0.2) is 0 Å². The first-order valence-electron chi connectivity index (χ1n) is 6.84. The smallest absolute Gasteiger partial charge is 0.229 e. The standard InChI is InChI=1S/C15H20N2O2/c1-2-14(18)17-10-6-7-12(11-17)15(19)16-13-8-4-3-5-9-13/h3-5,8-9,12H,2,6-7,10-11H2,1H3,(H,16,19). The van der Waals surface area contributed by atoms with Crippen molar-refractivity contribution < 1.29 is 9.59 Å². The maximum Gasteiger partial charge on any atom is 0.229 e. The Bertz CT molecular complexity index is 445. The van der Waals surface area contributed by atoms with Gasteiger partial charge in [0.25, 0.3) is 0 Å². The molecular weight excluding hydrogens is 240 g/mol. The van der Waals surface area contributed by atoms with Crippen LogP contribution in [0.15, 0.2) is 30.3 Å². The first kappa shape index (κ1) is 13.6. The number of para-hydroxylation sites is 1. The average Bonchev–Trinajstić information content (AvgIpc) is 2.47. The second kappa shape index (κ2) is 6.36. The Morgan fingerprint density at radius 1 is 1.32 bits per heavy atom. The summed E-state index contributed by atoms with van der Waals surface area (Å²) in [4.78, 5) is 25.7. The fourth-order valence-electron chi connectivity index (χ4n) is 2.41. The first-order chi connectivity index (χ1) is 9.20. The van der Waals surface area contributed by atoms with Gasteiger partial charge in [0.2, 0.25) is 11.8 Å². The summed E-state index contributed by atoms with van der Waals surface area (Å²) in [6.45, 7) is 3.18. The van der Waals surface area contributed by atoms with Gasteiger partial charge in [-0.3, -0.25) is 9.59 Å². The highest BCUT2D eigenvalue weighted by Gasteiger charge is 2.27. The van der Waals surface area contributed by atoms with Crippen molar-refractivity contribution in [2.24, 2.45) is 5.92 Å². The third kappa shape index (κ3) is 3.56. The maximum absolute atomic E-state index is 12.2. The summed E-state index contributed by atoms with van der Waals surface area (Å²) >= 11 is 0. The van der Waals surface area contributed by atoms with Crippen LogP contribution in [0.4, 0.5) is 5.69 Å². The van der Waals surface area contributed by atoms with Gasteiger partial charge in [-0.05, 0) is 25.0 Å². The van der Waals surface area contributed by atoms with Crippen LogP contribution in [0.2, 0.25) is 0 Å². The van der Waals surface area contributed by atoms with Gasteiger partial charge in [0.05, 0.1) is 5.92 Å². The third-order valence-electron chi connectivity index (χ3n) is 3.49. The SMILES string of the molecule is CCC(=O)N1CCCC(C(=O)Nc2ccccc2)C1. The van der Waals surface area contributed by atoms with Gasteiger partial charge in [0.1, 0.15) is 0 Å². The van der Waals surface area contributed by atoms with Gasteiger partial charge in [0, 0.05) is 25.2 Å². The molecule has 0 aliphatic carbocycles. The molecule has 1 atom stereocenters. The van der Waals surface area contributed by atoms with Crippen LogP contribution in [-0.2, 0) is 9.59 Å². The van der Waals surface area contributed by atoms with E-state index in [2.05, 4.69) is 5.32 Å². The summed E-state index contributed by atoms with van der Waals surface area (Å²) in [5.74, 6) is 0.0569. The highest BCUT2D eigenvalue weighted by Crippen LogP contribution is 2.19. The molecule has 1 aliphatic heterocycles.